The second-order valence-electron chi connectivity index (χ2n) is 4.54. The number of benzene rings is 1. The van der Waals surface area contributed by atoms with Gasteiger partial charge in [-0.15, -0.1) is 0 Å². The Labute approximate surface area is 114 Å². The van der Waals surface area contributed by atoms with Gasteiger partial charge >= 0.3 is 0 Å². The molecule has 1 aromatic heterocycles. The van der Waals surface area contributed by atoms with Crippen LogP contribution in [0.2, 0.25) is 0 Å². The lowest BCUT2D eigenvalue weighted by atomic mass is 9.94. The third-order valence-electron chi connectivity index (χ3n) is 3.34. The number of nitrogen functional groups attached to an aromatic ring is 1. The van der Waals surface area contributed by atoms with Gasteiger partial charge in [-0.05, 0) is 18.2 Å². The molecule has 1 aliphatic rings. The zero-order valence-corrected chi connectivity index (χ0v) is 10.4. The van der Waals surface area contributed by atoms with E-state index in [2.05, 4.69) is 4.98 Å². The molecule has 0 radical (unpaired) electrons. The normalized spacial score (nSPS) is 17.1. The SMILES string of the molecule is Nc1cccc2c1C(=O)C(C(=O)c1cccnc1)C2=O. The van der Waals surface area contributed by atoms with Gasteiger partial charge in [0.1, 0.15) is 5.92 Å². The number of rotatable bonds is 2. The second-order valence-corrected chi connectivity index (χ2v) is 4.54. The second kappa shape index (κ2) is 4.38. The summed E-state index contributed by atoms with van der Waals surface area (Å²) >= 11 is 0. The maximum absolute atomic E-state index is 12.3. The van der Waals surface area contributed by atoms with Gasteiger partial charge in [0.2, 0.25) is 0 Å². The van der Waals surface area contributed by atoms with Crippen LogP contribution < -0.4 is 5.73 Å². The molecule has 0 saturated heterocycles. The summed E-state index contributed by atoms with van der Waals surface area (Å²) in [6, 6.07) is 7.76. The van der Waals surface area contributed by atoms with Crippen LogP contribution >= 0.6 is 0 Å². The number of nitrogens with two attached hydrogens (primary N) is 1. The van der Waals surface area contributed by atoms with Crippen molar-refractivity contribution >= 4 is 23.0 Å². The van der Waals surface area contributed by atoms with E-state index in [9.17, 15) is 14.4 Å². The molecule has 0 fully saturated rings. The highest BCUT2D eigenvalue weighted by atomic mass is 16.2. The van der Waals surface area contributed by atoms with E-state index in [4.69, 9.17) is 5.73 Å². The number of hydrogen-bond acceptors (Lipinski definition) is 5. The Morgan fingerprint density at radius 3 is 2.55 bits per heavy atom. The number of carbonyl (C=O) groups excluding carboxylic acids is 3. The van der Waals surface area contributed by atoms with Crippen LogP contribution in [-0.4, -0.2) is 22.3 Å². The molecule has 1 unspecified atom stereocenters. The first-order valence-corrected chi connectivity index (χ1v) is 6.02. The summed E-state index contributed by atoms with van der Waals surface area (Å²) in [5.41, 5.74) is 6.57. The summed E-state index contributed by atoms with van der Waals surface area (Å²) in [5.74, 6) is -2.90. The molecule has 98 valence electrons. The Balaban J connectivity index is 2.07. The number of fused-ring (bicyclic) bond motifs is 1. The molecule has 0 amide bonds. The minimum atomic E-state index is -1.33. The average Bonchev–Trinajstić information content (AvgIpc) is 2.72. The van der Waals surface area contributed by atoms with Gasteiger partial charge in [0.25, 0.3) is 0 Å². The molecule has 2 N–H and O–H groups in total. The van der Waals surface area contributed by atoms with Crippen LogP contribution in [0.25, 0.3) is 0 Å². The van der Waals surface area contributed by atoms with Gasteiger partial charge in [0.05, 0.1) is 5.56 Å². The van der Waals surface area contributed by atoms with Crippen LogP contribution in [0.3, 0.4) is 0 Å². The van der Waals surface area contributed by atoms with Gasteiger partial charge in [-0.3, -0.25) is 19.4 Å². The minimum absolute atomic E-state index is 0.153. The number of nitrogens with zero attached hydrogens (tertiary/aromatic N) is 1. The van der Waals surface area contributed by atoms with Gasteiger partial charge in [-0.1, -0.05) is 12.1 Å². The van der Waals surface area contributed by atoms with E-state index in [1.54, 1.807) is 18.2 Å². The van der Waals surface area contributed by atoms with E-state index in [1.165, 1.54) is 24.5 Å². The zero-order chi connectivity index (χ0) is 14.3. The molecule has 5 nitrogen and oxygen atoms in total. The Morgan fingerprint density at radius 1 is 1.10 bits per heavy atom. The smallest absolute Gasteiger partial charge is 0.184 e. The first-order chi connectivity index (χ1) is 9.61. The van der Waals surface area contributed by atoms with Gasteiger partial charge < -0.3 is 5.73 Å². The van der Waals surface area contributed by atoms with E-state index < -0.39 is 23.3 Å². The van der Waals surface area contributed by atoms with Crippen molar-refractivity contribution in [1.82, 2.24) is 4.98 Å². The van der Waals surface area contributed by atoms with Crippen LogP contribution in [0.4, 0.5) is 5.69 Å². The van der Waals surface area contributed by atoms with Crippen molar-refractivity contribution < 1.29 is 14.4 Å². The lowest BCUT2D eigenvalue weighted by Crippen LogP contribution is -2.25. The third kappa shape index (κ3) is 1.64. The quantitative estimate of drug-likeness (QED) is 0.506. The van der Waals surface area contributed by atoms with Gasteiger partial charge in [-0.25, -0.2) is 0 Å². The highest BCUT2D eigenvalue weighted by molar-refractivity contribution is 6.38. The van der Waals surface area contributed by atoms with Crippen molar-refractivity contribution in [2.45, 2.75) is 0 Å². The number of ketones is 3. The van der Waals surface area contributed by atoms with Crippen molar-refractivity contribution in [3.8, 4) is 0 Å². The maximum atomic E-state index is 12.3. The fraction of sp³-hybridized carbons (Fsp3) is 0.0667. The van der Waals surface area contributed by atoms with Crippen LogP contribution in [0.1, 0.15) is 31.1 Å². The molecule has 1 atom stereocenters. The van der Waals surface area contributed by atoms with Gasteiger partial charge in [0.15, 0.2) is 17.3 Å². The molecule has 20 heavy (non-hydrogen) atoms. The molecule has 1 aromatic carbocycles. The van der Waals surface area contributed by atoms with Gasteiger partial charge in [0, 0.05) is 29.2 Å². The average molecular weight is 266 g/mol. The molecule has 3 rings (SSSR count). The lowest BCUT2D eigenvalue weighted by molar-refractivity contribution is 0.0756. The Kier molecular flexibility index (Phi) is 2.68. The molecule has 0 saturated carbocycles. The van der Waals surface area contributed by atoms with Crippen molar-refractivity contribution in [3.63, 3.8) is 0 Å². The van der Waals surface area contributed by atoms with E-state index in [-0.39, 0.29) is 22.4 Å². The van der Waals surface area contributed by atoms with Crippen LogP contribution in [0, 0.1) is 5.92 Å². The van der Waals surface area contributed by atoms with E-state index in [0.717, 1.165) is 0 Å². The van der Waals surface area contributed by atoms with Crippen molar-refractivity contribution in [2.24, 2.45) is 5.92 Å². The number of hydrogen-bond donors (Lipinski definition) is 1. The highest BCUT2D eigenvalue weighted by Gasteiger charge is 2.44. The molecule has 5 heteroatoms. The summed E-state index contributed by atoms with van der Waals surface area (Å²) in [4.78, 5) is 40.7. The van der Waals surface area contributed by atoms with Gasteiger partial charge in [-0.2, -0.15) is 0 Å². The summed E-state index contributed by atoms with van der Waals surface area (Å²) in [6.07, 6.45) is 2.86. The van der Waals surface area contributed by atoms with Crippen LogP contribution in [-0.2, 0) is 0 Å². The molecule has 0 bridgehead atoms. The van der Waals surface area contributed by atoms with E-state index in [1.807, 2.05) is 0 Å². The van der Waals surface area contributed by atoms with Crippen LogP contribution in [0.15, 0.2) is 42.7 Å². The molecule has 2 aromatic rings. The number of carbonyl (C=O) groups is 3. The lowest BCUT2D eigenvalue weighted by Gasteiger charge is -2.05. The van der Waals surface area contributed by atoms with Crippen molar-refractivity contribution in [3.05, 3.63) is 59.4 Å². The number of aromatic nitrogens is 1. The fourth-order valence-electron chi connectivity index (χ4n) is 2.38. The topological polar surface area (TPSA) is 90.1 Å². The molecule has 0 aliphatic heterocycles. The highest BCUT2D eigenvalue weighted by Crippen LogP contribution is 2.32. The molecular weight excluding hydrogens is 256 g/mol. The molecule has 1 aliphatic carbocycles. The molecular formula is C15H10N2O3. The summed E-state index contributed by atoms with van der Waals surface area (Å²) in [5, 5.41) is 0. The monoisotopic (exact) mass is 266 g/mol. The number of pyridine rings is 1. The van der Waals surface area contributed by atoms with E-state index in [0.29, 0.717) is 0 Å². The summed E-state index contributed by atoms with van der Waals surface area (Å²) in [6.45, 7) is 0. The summed E-state index contributed by atoms with van der Waals surface area (Å²) in [7, 11) is 0. The Morgan fingerprint density at radius 2 is 1.90 bits per heavy atom. The largest absolute Gasteiger partial charge is 0.398 e. The Hall–Kier alpha value is -2.82. The summed E-state index contributed by atoms with van der Waals surface area (Å²) < 4.78 is 0. The standard InChI is InChI=1S/C15H10N2O3/c16-10-5-1-4-9-11(10)15(20)12(14(9)19)13(18)8-3-2-6-17-7-8/h1-7,12H,16H2. The zero-order valence-electron chi connectivity index (χ0n) is 10.4. The van der Waals surface area contributed by atoms with Crippen LogP contribution in [0.5, 0.6) is 0 Å². The van der Waals surface area contributed by atoms with Crippen molar-refractivity contribution in [1.29, 1.82) is 0 Å². The molecule has 0 spiro atoms. The van der Waals surface area contributed by atoms with Crippen molar-refractivity contribution in [2.75, 3.05) is 5.73 Å². The Bertz CT molecular complexity index is 738. The first kappa shape index (κ1) is 12.2. The number of Topliss-reactive ketones (excluding diaryl/α,β-unsaturated/α-hetero) is 3. The molecule has 1 heterocycles. The first-order valence-electron chi connectivity index (χ1n) is 6.02. The minimum Gasteiger partial charge on any atom is -0.398 e. The van der Waals surface area contributed by atoms with E-state index >= 15 is 0 Å². The third-order valence-corrected chi connectivity index (χ3v) is 3.34. The predicted octanol–water partition coefficient (Wildman–Crippen LogP) is 1.54. The fourth-order valence-corrected chi connectivity index (χ4v) is 2.38. The predicted molar refractivity (Wildman–Crippen MR) is 71.6 cm³/mol. The maximum Gasteiger partial charge on any atom is 0.184 e. The number of anilines is 1.